The van der Waals surface area contributed by atoms with Crippen molar-refractivity contribution in [3.8, 4) is 0 Å². The maximum absolute atomic E-state index is 10.7. The Morgan fingerprint density at radius 3 is 2.27 bits per heavy atom. The van der Waals surface area contributed by atoms with Gasteiger partial charge in [-0.1, -0.05) is 32.4 Å². The molecule has 26 heavy (non-hydrogen) atoms. The zero-order valence-electron chi connectivity index (χ0n) is 17.9. The van der Waals surface area contributed by atoms with Gasteiger partial charge in [0.25, 0.3) is 0 Å². The first kappa shape index (κ1) is 21.9. The molecule has 4 heteroatoms. The van der Waals surface area contributed by atoms with E-state index in [2.05, 4.69) is 43.6 Å². The lowest BCUT2D eigenvalue weighted by Crippen LogP contribution is -2.59. The van der Waals surface area contributed by atoms with E-state index < -0.39 is 11.7 Å². The summed E-state index contributed by atoms with van der Waals surface area (Å²) in [6.07, 6.45) is 6.04. The Labute approximate surface area is 161 Å². The average molecular weight is 367 g/mol. The van der Waals surface area contributed by atoms with Crippen LogP contribution < -0.4 is 0 Å². The summed E-state index contributed by atoms with van der Waals surface area (Å²) in [6, 6.07) is 1.10. The molecule has 0 aliphatic carbocycles. The van der Waals surface area contributed by atoms with E-state index in [1.165, 1.54) is 19.4 Å². The summed E-state index contributed by atoms with van der Waals surface area (Å²) >= 11 is 0. The Bertz CT molecular complexity index is 477. The molecule has 0 amide bonds. The Kier molecular flexibility index (Phi) is 7.73. The second-order valence-corrected chi connectivity index (χ2v) is 9.35. The van der Waals surface area contributed by atoms with Crippen LogP contribution in [0.1, 0.15) is 67.2 Å². The summed E-state index contributed by atoms with van der Waals surface area (Å²) in [5, 5.41) is 21.1. The number of hydrogen-bond acceptors (Lipinski definition) is 4. The highest BCUT2D eigenvalue weighted by Gasteiger charge is 2.43. The molecule has 2 aliphatic heterocycles. The topological polar surface area (TPSA) is 46.9 Å². The predicted molar refractivity (Wildman–Crippen MR) is 109 cm³/mol. The number of β-amino-alcohol motifs (C(OH)–C–C–N with tert-alkyl or cyclic N) is 1. The van der Waals surface area contributed by atoms with E-state index in [-0.39, 0.29) is 5.92 Å². The lowest BCUT2D eigenvalue weighted by molar-refractivity contribution is -0.148. The first-order chi connectivity index (χ1) is 12.1. The van der Waals surface area contributed by atoms with Gasteiger partial charge in [-0.15, -0.1) is 0 Å². The van der Waals surface area contributed by atoms with Crippen molar-refractivity contribution in [1.82, 2.24) is 9.80 Å². The molecule has 2 heterocycles. The monoisotopic (exact) mass is 366 g/mol. The Morgan fingerprint density at radius 2 is 1.77 bits per heavy atom. The number of rotatable bonds is 7. The maximum atomic E-state index is 10.7. The zero-order chi connectivity index (χ0) is 19.5. The molecule has 2 rings (SSSR count). The minimum atomic E-state index is -0.918. The van der Waals surface area contributed by atoms with Gasteiger partial charge in [-0.25, -0.2) is 0 Å². The molecule has 2 N–H and O–H groups in total. The van der Waals surface area contributed by atoms with Gasteiger partial charge in [-0.2, -0.15) is 0 Å². The molecular weight excluding hydrogens is 324 g/mol. The Morgan fingerprint density at radius 1 is 1.08 bits per heavy atom. The van der Waals surface area contributed by atoms with Gasteiger partial charge in [-0.3, -0.25) is 9.80 Å². The first-order valence-electron chi connectivity index (χ1n) is 10.7. The quantitative estimate of drug-likeness (QED) is 0.679. The lowest BCUT2D eigenvalue weighted by atomic mass is 9.79. The summed E-state index contributed by atoms with van der Waals surface area (Å²) in [6.45, 7) is 17.0. The molecule has 0 aromatic heterocycles. The SMILES string of the molecule is CC(CCC(C)N1CCC(O)(C(C)C)C(O)C1)C1=CCN(C(C)C)CC1. The number of piperidine rings is 1. The van der Waals surface area contributed by atoms with Crippen LogP contribution in [0.25, 0.3) is 0 Å². The van der Waals surface area contributed by atoms with E-state index in [0.29, 0.717) is 31.0 Å². The van der Waals surface area contributed by atoms with Crippen molar-refractivity contribution in [2.45, 2.75) is 91.0 Å². The van der Waals surface area contributed by atoms with E-state index in [4.69, 9.17) is 0 Å². The van der Waals surface area contributed by atoms with Crippen LogP contribution in [0.4, 0.5) is 0 Å². The molecule has 0 spiro atoms. The Hall–Kier alpha value is -0.420. The van der Waals surface area contributed by atoms with Crippen molar-refractivity contribution in [1.29, 1.82) is 0 Å². The van der Waals surface area contributed by atoms with Gasteiger partial charge >= 0.3 is 0 Å². The molecule has 4 nitrogen and oxygen atoms in total. The molecule has 0 saturated carbocycles. The van der Waals surface area contributed by atoms with Crippen molar-refractivity contribution >= 4 is 0 Å². The molecular formula is C22H42N2O2. The highest BCUT2D eigenvalue weighted by molar-refractivity contribution is 5.11. The van der Waals surface area contributed by atoms with Crippen LogP contribution in [-0.4, -0.2) is 70.0 Å². The first-order valence-corrected chi connectivity index (χ1v) is 10.7. The standard InChI is InChI=1S/C22H42N2O2/c1-16(2)22(26)11-14-24(15-21(22)25)19(6)8-7-18(5)20-9-12-23(13-10-20)17(3)4/h9,16-19,21,25-26H,7-8,10-15H2,1-6H3. The van der Waals surface area contributed by atoms with E-state index in [0.717, 1.165) is 19.5 Å². The summed E-state index contributed by atoms with van der Waals surface area (Å²) < 4.78 is 0. The molecule has 152 valence electrons. The largest absolute Gasteiger partial charge is 0.389 e. The van der Waals surface area contributed by atoms with E-state index >= 15 is 0 Å². The molecule has 4 unspecified atom stereocenters. The normalized spacial score (nSPS) is 31.3. The predicted octanol–water partition coefficient (Wildman–Crippen LogP) is 3.29. The third-order valence-corrected chi connectivity index (χ3v) is 7.06. The van der Waals surface area contributed by atoms with Crippen LogP contribution in [-0.2, 0) is 0 Å². The fourth-order valence-corrected chi connectivity index (χ4v) is 4.51. The molecule has 0 bridgehead atoms. The smallest absolute Gasteiger partial charge is 0.0956 e. The Balaban J connectivity index is 1.79. The number of likely N-dealkylation sites (tertiary alicyclic amines) is 1. The highest BCUT2D eigenvalue weighted by atomic mass is 16.3. The summed E-state index contributed by atoms with van der Waals surface area (Å²) in [7, 11) is 0. The second kappa shape index (κ2) is 9.18. The molecule has 1 saturated heterocycles. The third-order valence-electron chi connectivity index (χ3n) is 7.06. The molecule has 0 aromatic carbocycles. The van der Waals surface area contributed by atoms with Crippen LogP contribution in [0, 0.1) is 11.8 Å². The number of hydrogen-bond donors (Lipinski definition) is 2. The van der Waals surface area contributed by atoms with Gasteiger partial charge in [0.2, 0.25) is 0 Å². The van der Waals surface area contributed by atoms with Crippen molar-refractivity contribution in [3.05, 3.63) is 11.6 Å². The van der Waals surface area contributed by atoms with E-state index in [1.807, 2.05) is 13.8 Å². The molecule has 1 fully saturated rings. The minimum absolute atomic E-state index is 0.0959. The van der Waals surface area contributed by atoms with Gasteiger partial charge in [0.15, 0.2) is 0 Å². The van der Waals surface area contributed by atoms with Crippen LogP contribution in [0.15, 0.2) is 11.6 Å². The van der Waals surface area contributed by atoms with E-state index in [1.54, 1.807) is 5.57 Å². The second-order valence-electron chi connectivity index (χ2n) is 9.35. The molecule has 4 atom stereocenters. The van der Waals surface area contributed by atoms with Crippen LogP contribution in [0.5, 0.6) is 0 Å². The average Bonchev–Trinajstić information content (AvgIpc) is 2.61. The van der Waals surface area contributed by atoms with Crippen molar-refractivity contribution in [2.24, 2.45) is 11.8 Å². The number of nitrogens with zero attached hydrogens (tertiary/aromatic N) is 2. The van der Waals surface area contributed by atoms with Crippen molar-refractivity contribution in [2.75, 3.05) is 26.2 Å². The molecule has 2 aliphatic rings. The van der Waals surface area contributed by atoms with Crippen molar-refractivity contribution < 1.29 is 10.2 Å². The number of aliphatic hydroxyl groups excluding tert-OH is 1. The van der Waals surface area contributed by atoms with Crippen LogP contribution in [0.2, 0.25) is 0 Å². The lowest BCUT2D eigenvalue weighted by Gasteiger charge is -2.46. The minimum Gasteiger partial charge on any atom is -0.389 e. The van der Waals surface area contributed by atoms with Gasteiger partial charge < -0.3 is 10.2 Å². The molecule has 0 aromatic rings. The van der Waals surface area contributed by atoms with Crippen LogP contribution >= 0.6 is 0 Å². The number of aliphatic hydroxyl groups is 2. The fourth-order valence-electron chi connectivity index (χ4n) is 4.51. The van der Waals surface area contributed by atoms with Crippen molar-refractivity contribution in [3.63, 3.8) is 0 Å². The molecule has 0 radical (unpaired) electrons. The summed E-state index contributed by atoms with van der Waals surface area (Å²) in [5.41, 5.74) is 0.709. The van der Waals surface area contributed by atoms with Crippen LogP contribution in [0.3, 0.4) is 0 Å². The summed E-state index contributed by atoms with van der Waals surface area (Å²) in [5.74, 6) is 0.743. The van der Waals surface area contributed by atoms with Gasteiger partial charge in [-0.05, 0) is 58.3 Å². The maximum Gasteiger partial charge on any atom is 0.0956 e. The summed E-state index contributed by atoms with van der Waals surface area (Å²) in [4.78, 5) is 4.90. The van der Waals surface area contributed by atoms with Gasteiger partial charge in [0, 0.05) is 38.3 Å². The highest BCUT2D eigenvalue weighted by Crippen LogP contribution is 2.32. The van der Waals surface area contributed by atoms with E-state index in [9.17, 15) is 10.2 Å². The fraction of sp³-hybridized carbons (Fsp3) is 0.909. The zero-order valence-corrected chi connectivity index (χ0v) is 17.9. The van der Waals surface area contributed by atoms with Gasteiger partial charge in [0.1, 0.15) is 0 Å². The van der Waals surface area contributed by atoms with Gasteiger partial charge in [0.05, 0.1) is 11.7 Å². The third kappa shape index (κ3) is 5.09.